The van der Waals surface area contributed by atoms with E-state index in [0.29, 0.717) is 24.2 Å². The molecule has 1 saturated carbocycles. The van der Waals surface area contributed by atoms with Crippen molar-refractivity contribution in [3.63, 3.8) is 0 Å². The predicted molar refractivity (Wildman–Crippen MR) is 75.6 cm³/mol. The molecule has 102 valence electrons. The molecule has 1 aliphatic heterocycles. The fourth-order valence-corrected chi connectivity index (χ4v) is 3.12. The highest BCUT2D eigenvalue weighted by Crippen LogP contribution is 2.38. The molecule has 2 heteroatoms. The highest BCUT2D eigenvalue weighted by molar-refractivity contribution is 5.97. The van der Waals surface area contributed by atoms with Gasteiger partial charge in [0.05, 0.1) is 6.10 Å². The van der Waals surface area contributed by atoms with E-state index in [1.165, 1.54) is 24.8 Å². The van der Waals surface area contributed by atoms with Crippen LogP contribution in [0.4, 0.5) is 0 Å². The van der Waals surface area contributed by atoms with Crippen molar-refractivity contribution in [3.05, 3.63) is 35.4 Å². The molecule has 1 aliphatic carbocycles. The number of rotatable bonds is 5. The standard InChI is InChI=1S/C17H22O2/c18-17(11-10-14-7-4-12-19-14)16-9-2-1-8-15(16)13-5-3-6-13/h1-2,8-9,13-14H,3-7,10-12H2. The number of hydrogen-bond acceptors (Lipinski definition) is 2. The summed E-state index contributed by atoms with van der Waals surface area (Å²) in [6.07, 6.45) is 7.91. The Labute approximate surface area is 115 Å². The van der Waals surface area contributed by atoms with Crippen LogP contribution in [0, 0.1) is 0 Å². The smallest absolute Gasteiger partial charge is 0.163 e. The summed E-state index contributed by atoms with van der Waals surface area (Å²) in [6.45, 7) is 0.873. The van der Waals surface area contributed by atoms with Crippen LogP contribution in [-0.2, 0) is 4.74 Å². The van der Waals surface area contributed by atoms with Crippen molar-refractivity contribution in [3.8, 4) is 0 Å². The second kappa shape index (κ2) is 5.87. The first-order valence-electron chi connectivity index (χ1n) is 7.58. The Hall–Kier alpha value is -1.15. The molecule has 1 heterocycles. The van der Waals surface area contributed by atoms with Crippen molar-refractivity contribution in [1.29, 1.82) is 0 Å². The first-order chi connectivity index (χ1) is 9.34. The average Bonchev–Trinajstić information content (AvgIpc) is 2.88. The van der Waals surface area contributed by atoms with E-state index in [1.807, 2.05) is 12.1 Å². The first-order valence-corrected chi connectivity index (χ1v) is 7.58. The molecule has 0 radical (unpaired) electrons. The van der Waals surface area contributed by atoms with E-state index in [0.717, 1.165) is 31.4 Å². The number of benzene rings is 1. The molecule has 0 aromatic heterocycles. The second-order valence-corrected chi connectivity index (χ2v) is 5.81. The van der Waals surface area contributed by atoms with Crippen molar-refractivity contribution in [1.82, 2.24) is 0 Å². The Kier molecular flexibility index (Phi) is 3.97. The van der Waals surface area contributed by atoms with Gasteiger partial charge in [-0.1, -0.05) is 30.7 Å². The largest absolute Gasteiger partial charge is 0.378 e. The van der Waals surface area contributed by atoms with Gasteiger partial charge in [0, 0.05) is 18.6 Å². The average molecular weight is 258 g/mol. The third kappa shape index (κ3) is 2.89. The molecular weight excluding hydrogens is 236 g/mol. The quantitative estimate of drug-likeness (QED) is 0.743. The zero-order valence-corrected chi connectivity index (χ0v) is 11.4. The topological polar surface area (TPSA) is 26.3 Å². The monoisotopic (exact) mass is 258 g/mol. The van der Waals surface area contributed by atoms with Crippen LogP contribution in [0.3, 0.4) is 0 Å². The summed E-state index contributed by atoms with van der Waals surface area (Å²) in [6, 6.07) is 8.20. The summed E-state index contributed by atoms with van der Waals surface area (Å²) in [5.41, 5.74) is 2.25. The van der Waals surface area contributed by atoms with Crippen LogP contribution in [0.2, 0.25) is 0 Å². The molecule has 2 fully saturated rings. The Balaban J connectivity index is 1.65. The molecular formula is C17H22O2. The molecule has 1 aromatic carbocycles. The number of hydrogen-bond donors (Lipinski definition) is 0. The third-order valence-electron chi connectivity index (χ3n) is 4.52. The summed E-state index contributed by atoms with van der Waals surface area (Å²) in [5.74, 6) is 0.931. The fourth-order valence-electron chi connectivity index (χ4n) is 3.12. The van der Waals surface area contributed by atoms with E-state index >= 15 is 0 Å². The highest BCUT2D eigenvalue weighted by Gasteiger charge is 2.24. The van der Waals surface area contributed by atoms with Crippen LogP contribution in [-0.4, -0.2) is 18.5 Å². The molecule has 19 heavy (non-hydrogen) atoms. The van der Waals surface area contributed by atoms with Crippen molar-refractivity contribution >= 4 is 5.78 Å². The van der Waals surface area contributed by atoms with Gasteiger partial charge in [0.1, 0.15) is 0 Å². The normalized spacial score (nSPS) is 23.3. The van der Waals surface area contributed by atoms with Gasteiger partial charge in [0.2, 0.25) is 0 Å². The maximum atomic E-state index is 12.4. The minimum atomic E-state index is 0.304. The number of carbonyl (C=O) groups excluding carboxylic acids is 1. The number of ketones is 1. The number of ether oxygens (including phenoxy) is 1. The zero-order valence-electron chi connectivity index (χ0n) is 11.4. The summed E-state index contributed by atoms with van der Waals surface area (Å²) < 4.78 is 5.60. The van der Waals surface area contributed by atoms with E-state index in [1.54, 1.807) is 0 Å². The SMILES string of the molecule is O=C(CCC1CCCO1)c1ccccc1C1CCC1. The van der Waals surface area contributed by atoms with Gasteiger partial charge in [0.15, 0.2) is 5.78 Å². The third-order valence-corrected chi connectivity index (χ3v) is 4.52. The number of Topliss-reactive ketones (excluding diaryl/α,β-unsaturated/α-hetero) is 1. The molecule has 0 amide bonds. The van der Waals surface area contributed by atoms with Crippen molar-refractivity contribution in [2.45, 2.75) is 57.0 Å². The minimum absolute atomic E-state index is 0.304. The lowest BCUT2D eigenvalue weighted by atomic mass is 9.77. The van der Waals surface area contributed by atoms with Gasteiger partial charge in [0.25, 0.3) is 0 Å². The predicted octanol–water partition coefficient (Wildman–Crippen LogP) is 4.10. The lowest BCUT2D eigenvalue weighted by molar-refractivity contribution is 0.0858. The van der Waals surface area contributed by atoms with Crippen molar-refractivity contribution in [2.75, 3.05) is 6.61 Å². The second-order valence-electron chi connectivity index (χ2n) is 5.81. The summed E-state index contributed by atoms with van der Waals surface area (Å²) in [4.78, 5) is 12.4. The number of carbonyl (C=O) groups is 1. The van der Waals surface area contributed by atoms with Gasteiger partial charge in [-0.15, -0.1) is 0 Å². The van der Waals surface area contributed by atoms with Gasteiger partial charge in [-0.2, -0.15) is 0 Å². The van der Waals surface area contributed by atoms with E-state index in [2.05, 4.69) is 12.1 Å². The van der Waals surface area contributed by atoms with E-state index in [4.69, 9.17) is 4.74 Å². The summed E-state index contributed by atoms with van der Waals surface area (Å²) >= 11 is 0. The molecule has 1 saturated heterocycles. The van der Waals surface area contributed by atoms with Gasteiger partial charge in [-0.3, -0.25) is 4.79 Å². The Bertz CT molecular complexity index is 442. The van der Waals surface area contributed by atoms with Crippen LogP contribution in [0.5, 0.6) is 0 Å². The lowest BCUT2D eigenvalue weighted by Gasteiger charge is -2.27. The summed E-state index contributed by atoms with van der Waals surface area (Å²) in [7, 11) is 0. The van der Waals surface area contributed by atoms with E-state index < -0.39 is 0 Å². The molecule has 0 spiro atoms. The maximum absolute atomic E-state index is 12.4. The molecule has 2 nitrogen and oxygen atoms in total. The highest BCUT2D eigenvalue weighted by atomic mass is 16.5. The maximum Gasteiger partial charge on any atom is 0.163 e. The van der Waals surface area contributed by atoms with Gasteiger partial charge in [-0.05, 0) is 43.6 Å². The van der Waals surface area contributed by atoms with E-state index in [9.17, 15) is 4.79 Å². The minimum Gasteiger partial charge on any atom is -0.378 e. The molecule has 0 N–H and O–H groups in total. The van der Waals surface area contributed by atoms with Crippen LogP contribution >= 0.6 is 0 Å². The molecule has 2 aliphatic rings. The zero-order chi connectivity index (χ0) is 13.1. The Morgan fingerprint density at radius 2 is 2.00 bits per heavy atom. The van der Waals surface area contributed by atoms with Crippen LogP contribution in [0.1, 0.15) is 66.8 Å². The first kappa shape index (κ1) is 12.9. The molecule has 0 bridgehead atoms. The molecule has 1 atom stereocenters. The fraction of sp³-hybridized carbons (Fsp3) is 0.588. The van der Waals surface area contributed by atoms with Gasteiger partial charge < -0.3 is 4.74 Å². The van der Waals surface area contributed by atoms with Crippen molar-refractivity contribution in [2.24, 2.45) is 0 Å². The molecule has 1 aromatic rings. The van der Waals surface area contributed by atoms with Crippen molar-refractivity contribution < 1.29 is 9.53 Å². The Morgan fingerprint density at radius 1 is 1.16 bits per heavy atom. The van der Waals surface area contributed by atoms with Crippen LogP contribution < -0.4 is 0 Å². The van der Waals surface area contributed by atoms with Crippen LogP contribution in [0.25, 0.3) is 0 Å². The molecule has 1 unspecified atom stereocenters. The molecule has 3 rings (SSSR count). The van der Waals surface area contributed by atoms with Gasteiger partial charge >= 0.3 is 0 Å². The lowest BCUT2D eigenvalue weighted by Crippen LogP contribution is -2.15. The Morgan fingerprint density at radius 3 is 2.68 bits per heavy atom. The summed E-state index contributed by atoms with van der Waals surface area (Å²) in [5, 5.41) is 0. The van der Waals surface area contributed by atoms with Gasteiger partial charge in [-0.25, -0.2) is 0 Å². The van der Waals surface area contributed by atoms with E-state index in [-0.39, 0.29) is 0 Å². The van der Waals surface area contributed by atoms with Crippen LogP contribution in [0.15, 0.2) is 24.3 Å².